The van der Waals surface area contributed by atoms with E-state index in [4.69, 9.17) is 5.73 Å². The van der Waals surface area contributed by atoms with Crippen molar-refractivity contribution < 1.29 is 16.8 Å². The first-order valence-electron chi connectivity index (χ1n) is 5.70. The molecule has 0 atom stereocenters. The number of rotatable bonds is 7. The number of nitrogen functional groups attached to an aromatic ring is 1. The van der Waals surface area contributed by atoms with Gasteiger partial charge in [0.05, 0.1) is 10.6 Å². The molecule has 0 aliphatic carbocycles. The van der Waals surface area contributed by atoms with Gasteiger partial charge in [0.15, 0.2) is 0 Å². The Morgan fingerprint density at radius 1 is 1.20 bits per heavy atom. The molecule has 0 heterocycles. The molecule has 0 radical (unpaired) electrons. The highest BCUT2D eigenvalue weighted by Gasteiger charge is 2.16. The van der Waals surface area contributed by atoms with Gasteiger partial charge in [-0.3, -0.25) is 0 Å². The molecule has 1 aromatic carbocycles. The van der Waals surface area contributed by atoms with Crippen molar-refractivity contribution in [1.82, 2.24) is 9.44 Å². The van der Waals surface area contributed by atoms with Crippen LogP contribution in [-0.2, 0) is 20.0 Å². The highest BCUT2D eigenvalue weighted by atomic mass is 79.9. The minimum atomic E-state index is -3.76. The molecule has 1 aromatic rings. The van der Waals surface area contributed by atoms with E-state index in [1.165, 1.54) is 18.2 Å². The molecule has 0 saturated heterocycles. The van der Waals surface area contributed by atoms with Gasteiger partial charge in [-0.2, -0.15) is 0 Å². The van der Waals surface area contributed by atoms with Crippen LogP contribution in [0.1, 0.15) is 6.92 Å². The van der Waals surface area contributed by atoms with E-state index in [1.807, 2.05) is 0 Å². The lowest BCUT2D eigenvalue weighted by atomic mass is 10.3. The molecule has 0 bridgehead atoms. The summed E-state index contributed by atoms with van der Waals surface area (Å²) in [4.78, 5) is 0.0134. The predicted molar refractivity (Wildman–Crippen MR) is 81.2 cm³/mol. The van der Waals surface area contributed by atoms with Crippen LogP contribution in [0.25, 0.3) is 0 Å². The maximum Gasteiger partial charge on any atom is 0.240 e. The van der Waals surface area contributed by atoms with Gasteiger partial charge in [-0.25, -0.2) is 26.3 Å². The van der Waals surface area contributed by atoms with Crippen molar-refractivity contribution in [1.29, 1.82) is 0 Å². The van der Waals surface area contributed by atoms with Crippen LogP contribution >= 0.6 is 15.9 Å². The molecule has 0 unspecified atom stereocenters. The van der Waals surface area contributed by atoms with Gasteiger partial charge in [-0.15, -0.1) is 0 Å². The van der Waals surface area contributed by atoms with E-state index in [0.29, 0.717) is 10.2 Å². The number of halogens is 1. The summed E-state index contributed by atoms with van der Waals surface area (Å²) in [5, 5.41) is 0. The van der Waals surface area contributed by atoms with Gasteiger partial charge in [-0.1, -0.05) is 6.92 Å². The first-order chi connectivity index (χ1) is 9.18. The Balaban J connectivity index is 2.74. The Bertz CT molecular complexity index is 674. The lowest BCUT2D eigenvalue weighted by Crippen LogP contribution is -2.34. The summed E-state index contributed by atoms with van der Waals surface area (Å²) in [7, 11) is -7.22. The highest BCUT2D eigenvalue weighted by molar-refractivity contribution is 9.10. The van der Waals surface area contributed by atoms with Crippen molar-refractivity contribution in [2.75, 3.05) is 24.6 Å². The summed E-state index contributed by atoms with van der Waals surface area (Å²) in [6, 6.07) is 4.16. The fourth-order valence-corrected chi connectivity index (χ4v) is 4.03. The Morgan fingerprint density at radius 2 is 1.85 bits per heavy atom. The lowest BCUT2D eigenvalue weighted by molar-refractivity contribution is 0.576. The van der Waals surface area contributed by atoms with Crippen LogP contribution < -0.4 is 15.2 Å². The molecule has 4 N–H and O–H groups in total. The zero-order valence-electron chi connectivity index (χ0n) is 10.8. The van der Waals surface area contributed by atoms with Gasteiger partial charge < -0.3 is 5.73 Å². The quantitative estimate of drug-likeness (QED) is 0.581. The maximum atomic E-state index is 12.0. The average molecular weight is 386 g/mol. The van der Waals surface area contributed by atoms with Crippen LogP contribution in [0, 0.1) is 0 Å². The smallest absolute Gasteiger partial charge is 0.240 e. The topological polar surface area (TPSA) is 118 Å². The number of hydrogen-bond acceptors (Lipinski definition) is 5. The minimum Gasteiger partial charge on any atom is -0.398 e. The second-order valence-corrected chi connectivity index (χ2v) is 8.45. The molecular weight excluding hydrogens is 370 g/mol. The molecule has 10 heteroatoms. The number of hydrogen-bond donors (Lipinski definition) is 3. The molecule has 0 aliphatic rings. The standard InChI is InChI=1S/C10H16BrN3O4S2/c1-2-13-19(15,16)6-5-14-20(17,18)8-3-4-10(12)9(11)7-8/h3-4,7,13-14H,2,5-6,12H2,1H3. The summed E-state index contributed by atoms with van der Waals surface area (Å²) in [5.41, 5.74) is 5.99. The molecule has 0 fully saturated rings. The molecule has 0 saturated carbocycles. The van der Waals surface area contributed by atoms with E-state index in [-0.39, 0.29) is 23.7 Å². The molecular formula is C10H16BrN3O4S2. The predicted octanol–water partition coefficient (Wildman–Crippen LogP) is 0.249. The van der Waals surface area contributed by atoms with Gasteiger partial charge in [-0.05, 0) is 34.1 Å². The second kappa shape index (κ2) is 6.85. The third-order valence-electron chi connectivity index (χ3n) is 2.31. The molecule has 0 spiro atoms. The maximum absolute atomic E-state index is 12.0. The van der Waals surface area contributed by atoms with Crippen molar-refractivity contribution in [3.8, 4) is 0 Å². The SMILES string of the molecule is CCNS(=O)(=O)CCNS(=O)(=O)c1ccc(N)c(Br)c1. The number of anilines is 1. The summed E-state index contributed by atoms with van der Waals surface area (Å²) in [6.07, 6.45) is 0. The monoisotopic (exact) mass is 385 g/mol. The van der Waals surface area contributed by atoms with Crippen molar-refractivity contribution >= 4 is 41.7 Å². The first-order valence-corrected chi connectivity index (χ1v) is 9.63. The largest absolute Gasteiger partial charge is 0.398 e. The molecule has 114 valence electrons. The highest BCUT2D eigenvalue weighted by Crippen LogP contribution is 2.22. The van der Waals surface area contributed by atoms with Gasteiger partial charge in [0.1, 0.15) is 0 Å². The number of nitrogens with two attached hydrogens (primary N) is 1. The lowest BCUT2D eigenvalue weighted by Gasteiger charge is -2.08. The van der Waals surface area contributed by atoms with E-state index in [9.17, 15) is 16.8 Å². The van der Waals surface area contributed by atoms with Crippen LogP contribution in [0.4, 0.5) is 5.69 Å². The van der Waals surface area contributed by atoms with E-state index in [0.717, 1.165) is 0 Å². The van der Waals surface area contributed by atoms with Crippen LogP contribution in [0.5, 0.6) is 0 Å². The Hall–Kier alpha value is -0.680. The summed E-state index contributed by atoms with van der Waals surface area (Å²) < 4.78 is 51.6. The van der Waals surface area contributed by atoms with Crippen molar-refractivity contribution in [2.45, 2.75) is 11.8 Å². The minimum absolute atomic E-state index is 0.0134. The van der Waals surface area contributed by atoms with Crippen LogP contribution in [-0.4, -0.2) is 35.7 Å². The molecule has 1 rings (SSSR count). The number of sulfonamides is 2. The third kappa shape index (κ3) is 5.02. The van der Waals surface area contributed by atoms with Crippen molar-refractivity contribution in [2.24, 2.45) is 0 Å². The van der Waals surface area contributed by atoms with Gasteiger partial charge in [0, 0.05) is 23.2 Å². The summed E-state index contributed by atoms with van der Waals surface area (Å²) in [5.74, 6) is -0.323. The van der Waals surface area contributed by atoms with E-state index >= 15 is 0 Å². The van der Waals surface area contributed by atoms with E-state index < -0.39 is 20.0 Å². The Kier molecular flexibility index (Phi) is 5.95. The molecule has 7 nitrogen and oxygen atoms in total. The molecule has 0 aliphatic heterocycles. The van der Waals surface area contributed by atoms with Crippen LogP contribution in [0.15, 0.2) is 27.6 Å². The van der Waals surface area contributed by atoms with E-state index in [2.05, 4.69) is 25.4 Å². The second-order valence-electron chi connectivity index (χ2n) is 3.90. The Labute approximate surface area is 127 Å². The van der Waals surface area contributed by atoms with Gasteiger partial charge in [0.2, 0.25) is 20.0 Å². The number of benzene rings is 1. The summed E-state index contributed by atoms with van der Waals surface area (Å²) >= 11 is 3.14. The zero-order valence-corrected chi connectivity index (χ0v) is 14.0. The first kappa shape index (κ1) is 17.4. The van der Waals surface area contributed by atoms with Crippen molar-refractivity contribution in [3.05, 3.63) is 22.7 Å². The van der Waals surface area contributed by atoms with E-state index in [1.54, 1.807) is 6.92 Å². The fraction of sp³-hybridized carbons (Fsp3) is 0.400. The zero-order chi connectivity index (χ0) is 15.4. The van der Waals surface area contributed by atoms with Gasteiger partial charge in [0.25, 0.3) is 0 Å². The third-order valence-corrected chi connectivity index (χ3v) is 5.92. The normalized spacial score (nSPS) is 12.5. The molecule has 0 amide bonds. The molecule has 20 heavy (non-hydrogen) atoms. The molecule has 0 aromatic heterocycles. The van der Waals surface area contributed by atoms with Gasteiger partial charge >= 0.3 is 0 Å². The van der Waals surface area contributed by atoms with Crippen LogP contribution in [0.3, 0.4) is 0 Å². The van der Waals surface area contributed by atoms with Crippen LogP contribution in [0.2, 0.25) is 0 Å². The Morgan fingerprint density at radius 3 is 2.40 bits per heavy atom. The summed E-state index contributed by atoms with van der Waals surface area (Å²) in [6.45, 7) is 1.70. The number of nitrogens with one attached hydrogen (secondary N) is 2. The fourth-order valence-electron chi connectivity index (χ4n) is 1.36. The average Bonchev–Trinajstić information content (AvgIpc) is 2.31. The van der Waals surface area contributed by atoms with Crippen molar-refractivity contribution in [3.63, 3.8) is 0 Å².